The van der Waals surface area contributed by atoms with Gasteiger partial charge in [0.2, 0.25) is 5.88 Å². The standard InChI is InChI=1S/C16H16N2O2/c1-4-12-6-8-14(15(9-12)19-3)20-16-13(10-17)7-5-11(2)18-16/h5-9H,4H2,1-3H3. The molecule has 0 N–H and O–H groups in total. The second-order valence-corrected chi connectivity index (χ2v) is 4.36. The minimum absolute atomic E-state index is 0.301. The van der Waals surface area contributed by atoms with E-state index in [2.05, 4.69) is 18.0 Å². The van der Waals surface area contributed by atoms with E-state index in [0.717, 1.165) is 17.7 Å². The lowest BCUT2D eigenvalue weighted by molar-refractivity contribution is 0.373. The number of methoxy groups -OCH3 is 1. The first kappa shape index (κ1) is 13.9. The fourth-order valence-electron chi connectivity index (χ4n) is 1.82. The second-order valence-electron chi connectivity index (χ2n) is 4.36. The van der Waals surface area contributed by atoms with E-state index >= 15 is 0 Å². The van der Waals surface area contributed by atoms with Crippen molar-refractivity contribution >= 4 is 0 Å². The topological polar surface area (TPSA) is 55.1 Å². The molecule has 102 valence electrons. The molecule has 20 heavy (non-hydrogen) atoms. The van der Waals surface area contributed by atoms with Crippen LogP contribution in [0.25, 0.3) is 0 Å². The van der Waals surface area contributed by atoms with Gasteiger partial charge in [-0.05, 0) is 43.2 Å². The van der Waals surface area contributed by atoms with E-state index in [4.69, 9.17) is 14.7 Å². The zero-order chi connectivity index (χ0) is 14.5. The van der Waals surface area contributed by atoms with Crippen LogP contribution in [0, 0.1) is 18.3 Å². The van der Waals surface area contributed by atoms with Crippen LogP contribution >= 0.6 is 0 Å². The summed E-state index contributed by atoms with van der Waals surface area (Å²) in [5.41, 5.74) is 2.35. The van der Waals surface area contributed by atoms with Crippen LogP contribution in [0.15, 0.2) is 30.3 Å². The van der Waals surface area contributed by atoms with Gasteiger partial charge in [0.05, 0.1) is 7.11 Å². The number of hydrogen-bond donors (Lipinski definition) is 0. The Bertz CT molecular complexity index is 660. The Morgan fingerprint density at radius 2 is 2.00 bits per heavy atom. The summed E-state index contributed by atoms with van der Waals surface area (Å²) >= 11 is 0. The van der Waals surface area contributed by atoms with Gasteiger partial charge in [-0.3, -0.25) is 0 Å². The summed E-state index contributed by atoms with van der Waals surface area (Å²) < 4.78 is 11.1. The Labute approximate surface area is 118 Å². The summed E-state index contributed by atoms with van der Waals surface area (Å²) in [4.78, 5) is 4.26. The molecule has 1 heterocycles. The van der Waals surface area contributed by atoms with Crippen molar-refractivity contribution in [2.45, 2.75) is 20.3 Å². The SMILES string of the molecule is CCc1ccc(Oc2nc(C)ccc2C#N)c(OC)c1. The Balaban J connectivity index is 2.40. The number of nitrogens with zero attached hydrogens (tertiary/aromatic N) is 2. The highest BCUT2D eigenvalue weighted by molar-refractivity contribution is 5.47. The third kappa shape index (κ3) is 2.89. The van der Waals surface area contributed by atoms with Crippen LogP contribution in [0.3, 0.4) is 0 Å². The maximum absolute atomic E-state index is 9.09. The third-order valence-electron chi connectivity index (χ3n) is 2.96. The molecule has 4 heteroatoms. The molecule has 0 unspecified atom stereocenters. The summed E-state index contributed by atoms with van der Waals surface area (Å²) in [6.45, 7) is 3.93. The van der Waals surface area contributed by atoms with Crippen LogP contribution in [0.4, 0.5) is 0 Å². The van der Waals surface area contributed by atoms with Crippen molar-refractivity contribution in [1.82, 2.24) is 4.98 Å². The highest BCUT2D eigenvalue weighted by Gasteiger charge is 2.11. The molecule has 0 aliphatic heterocycles. The Morgan fingerprint density at radius 1 is 1.20 bits per heavy atom. The molecule has 0 fully saturated rings. The lowest BCUT2D eigenvalue weighted by atomic mass is 10.1. The van der Waals surface area contributed by atoms with Gasteiger partial charge in [0, 0.05) is 5.69 Å². The van der Waals surface area contributed by atoms with Crippen LogP contribution in [-0.4, -0.2) is 12.1 Å². The molecule has 2 aromatic rings. The van der Waals surface area contributed by atoms with Gasteiger partial charge >= 0.3 is 0 Å². The third-order valence-corrected chi connectivity index (χ3v) is 2.96. The van der Waals surface area contributed by atoms with Crippen molar-refractivity contribution in [3.05, 3.63) is 47.2 Å². The molecule has 0 saturated heterocycles. The van der Waals surface area contributed by atoms with Crippen molar-refractivity contribution in [3.8, 4) is 23.4 Å². The predicted octanol–water partition coefficient (Wildman–Crippen LogP) is 3.63. The lowest BCUT2D eigenvalue weighted by Crippen LogP contribution is -1.96. The van der Waals surface area contributed by atoms with Crippen molar-refractivity contribution in [1.29, 1.82) is 5.26 Å². The highest BCUT2D eigenvalue weighted by atomic mass is 16.5. The quantitative estimate of drug-likeness (QED) is 0.849. The zero-order valence-electron chi connectivity index (χ0n) is 11.8. The number of hydrogen-bond acceptors (Lipinski definition) is 4. The Morgan fingerprint density at radius 3 is 2.65 bits per heavy atom. The number of aryl methyl sites for hydroxylation is 2. The van der Waals surface area contributed by atoms with Crippen molar-refractivity contribution in [3.63, 3.8) is 0 Å². The second kappa shape index (κ2) is 6.07. The number of pyridine rings is 1. The number of ether oxygens (including phenoxy) is 2. The maximum Gasteiger partial charge on any atom is 0.237 e. The molecule has 4 nitrogen and oxygen atoms in total. The van der Waals surface area contributed by atoms with E-state index in [1.54, 1.807) is 19.2 Å². The minimum Gasteiger partial charge on any atom is -0.493 e. The van der Waals surface area contributed by atoms with Gasteiger partial charge in [0.1, 0.15) is 11.6 Å². The molecule has 0 aliphatic carbocycles. The van der Waals surface area contributed by atoms with Gasteiger partial charge in [0.15, 0.2) is 11.5 Å². The monoisotopic (exact) mass is 268 g/mol. The minimum atomic E-state index is 0.301. The van der Waals surface area contributed by atoms with E-state index < -0.39 is 0 Å². The Kier molecular flexibility index (Phi) is 4.21. The number of rotatable bonds is 4. The Hall–Kier alpha value is -2.54. The number of benzene rings is 1. The van der Waals surface area contributed by atoms with Gasteiger partial charge in [-0.2, -0.15) is 5.26 Å². The van der Waals surface area contributed by atoms with Gasteiger partial charge < -0.3 is 9.47 Å². The summed E-state index contributed by atoms with van der Waals surface area (Å²) in [5.74, 6) is 1.49. The average Bonchev–Trinajstić information content (AvgIpc) is 2.48. The lowest BCUT2D eigenvalue weighted by Gasteiger charge is -2.12. The molecule has 0 atom stereocenters. The molecule has 2 rings (SSSR count). The fraction of sp³-hybridized carbons (Fsp3) is 0.250. The van der Waals surface area contributed by atoms with Gasteiger partial charge in [0.25, 0.3) is 0 Å². The summed E-state index contributed by atoms with van der Waals surface area (Å²) in [5, 5.41) is 9.09. The first-order valence-corrected chi connectivity index (χ1v) is 6.40. The van der Waals surface area contributed by atoms with E-state index in [1.807, 2.05) is 25.1 Å². The number of aromatic nitrogens is 1. The van der Waals surface area contributed by atoms with Crippen LogP contribution in [0.5, 0.6) is 17.4 Å². The highest BCUT2D eigenvalue weighted by Crippen LogP contribution is 2.33. The normalized spacial score (nSPS) is 9.90. The van der Waals surface area contributed by atoms with Crippen molar-refractivity contribution in [2.24, 2.45) is 0 Å². The molecule has 0 saturated carbocycles. The molecule has 1 aromatic heterocycles. The van der Waals surface area contributed by atoms with Gasteiger partial charge in [-0.15, -0.1) is 0 Å². The molecule has 0 radical (unpaired) electrons. The first-order chi connectivity index (χ1) is 9.67. The maximum atomic E-state index is 9.09. The van der Waals surface area contributed by atoms with Crippen LogP contribution < -0.4 is 9.47 Å². The molecular weight excluding hydrogens is 252 g/mol. The van der Waals surface area contributed by atoms with Crippen molar-refractivity contribution in [2.75, 3.05) is 7.11 Å². The first-order valence-electron chi connectivity index (χ1n) is 6.40. The zero-order valence-corrected chi connectivity index (χ0v) is 11.8. The molecule has 1 aromatic carbocycles. The predicted molar refractivity (Wildman–Crippen MR) is 76.1 cm³/mol. The van der Waals surface area contributed by atoms with Gasteiger partial charge in [-0.25, -0.2) is 4.98 Å². The smallest absolute Gasteiger partial charge is 0.237 e. The van der Waals surface area contributed by atoms with E-state index in [9.17, 15) is 0 Å². The van der Waals surface area contributed by atoms with Crippen LogP contribution in [0.2, 0.25) is 0 Å². The summed E-state index contributed by atoms with van der Waals surface area (Å²) in [6.07, 6.45) is 0.919. The number of nitriles is 1. The largest absolute Gasteiger partial charge is 0.493 e. The fourth-order valence-corrected chi connectivity index (χ4v) is 1.82. The summed E-state index contributed by atoms with van der Waals surface area (Å²) in [6, 6.07) is 11.3. The van der Waals surface area contributed by atoms with Gasteiger partial charge in [-0.1, -0.05) is 13.0 Å². The molecule has 0 bridgehead atoms. The molecule has 0 aliphatic rings. The average molecular weight is 268 g/mol. The molecule has 0 spiro atoms. The van der Waals surface area contributed by atoms with E-state index in [1.165, 1.54) is 0 Å². The summed E-state index contributed by atoms with van der Waals surface area (Å²) in [7, 11) is 1.59. The molecule has 0 amide bonds. The van der Waals surface area contributed by atoms with Crippen LogP contribution in [0.1, 0.15) is 23.7 Å². The van der Waals surface area contributed by atoms with E-state index in [0.29, 0.717) is 22.9 Å². The molecular formula is C16H16N2O2. The van der Waals surface area contributed by atoms with E-state index in [-0.39, 0.29) is 0 Å². The van der Waals surface area contributed by atoms with Crippen LogP contribution in [-0.2, 0) is 6.42 Å². The van der Waals surface area contributed by atoms with Crippen molar-refractivity contribution < 1.29 is 9.47 Å².